The van der Waals surface area contributed by atoms with Crippen LogP contribution in [0.3, 0.4) is 0 Å². The second kappa shape index (κ2) is 5.87. The molecule has 1 aliphatic carbocycles. The molecule has 2 N–H and O–H groups in total. The lowest BCUT2D eigenvalue weighted by molar-refractivity contribution is -0.142. The molecular weight excluding hydrogens is 274 g/mol. The van der Waals surface area contributed by atoms with E-state index in [4.69, 9.17) is 5.11 Å². The second-order valence-electron chi connectivity index (χ2n) is 5.45. The fourth-order valence-electron chi connectivity index (χ4n) is 1.92. The second-order valence-corrected chi connectivity index (χ2v) is 6.50. The average Bonchev–Trinajstić information content (AvgIpc) is 3.18. The van der Waals surface area contributed by atoms with Crippen LogP contribution in [-0.2, 0) is 9.59 Å². The molecule has 0 saturated heterocycles. The number of carbonyl (C=O) groups is 2. The van der Waals surface area contributed by atoms with Gasteiger partial charge in [0, 0.05) is 4.90 Å². The minimum Gasteiger partial charge on any atom is -0.480 e. The monoisotopic (exact) mass is 293 g/mol. The zero-order valence-corrected chi connectivity index (χ0v) is 12.5. The van der Waals surface area contributed by atoms with Gasteiger partial charge in [0.1, 0.15) is 5.54 Å². The number of hydrogen-bond donors (Lipinski definition) is 2. The van der Waals surface area contributed by atoms with Crippen molar-refractivity contribution in [3.63, 3.8) is 0 Å². The van der Waals surface area contributed by atoms with Gasteiger partial charge in [-0.2, -0.15) is 0 Å². The first kappa shape index (κ1) is 14.9. The van der Waals surface area contributed by atoms with Crippen LogP contribution in [0.4, 0.5) is 0 Å². The molecule has 2 rings (SSSR count). The predicted octanol–water partition coefficient (Wildman–Crippen LogP) is 2.64. The van der Waals surface area contributed by atoms with Crippen molar-refractivity contribution in [2.24, 2.45) is 0 Å². The minimum atomic E-state index is -0.987. The molecule has 1 fully saturated rings. The summed E-state index contributed by atoms with van der Waals surface area (Å²) in [5.74, 6) is -0.418. The molecule has 4 nitrogen and oxygen atoms in total. The highest BCUT2D eigenvalue weighted by Gasteiger charge is 2.51. The lowest BCUT2D eigenvalue weighted by atomic mass is 10.0. The van der Waals surface area contributed by atoms with Crippen LogP contribution in [0.1, 0.15) is 38.2 Å². The fraction of sp³-hybridized carbons (Fsp3) is 0.467. The Hall–Kier alpha value is -1.49. The smallest absolute Gasteiger partial charge is 0.329 e. The molecule has 0 heterocycles. The van der Waals surface area contributed by atoms with Gasteiger partial charge in [0.25, 0.3) is 0 Å². The van der Waals surface area contributed by atoms with E-state index in [1.165, 1.54) is 17.3 Å². The Morgan fingerprint density at radius 3 is 2.35 bits per heavy atom. The molecule has 0 atom stereocenters. The van der Waals surface area contributed by atoms with E-state index in [9.17, 15) is 9.59 Å². The Kier molecular flexibility index (Phi) is 4.38. The summed E-state index contributed by atoms with van der Waals surface area (Å²) in [4.78, 5) is 23.7. The van der Waals surface area contributed by atoms with E-state index in [0.717, 1.165) is 4.90 Å². The SMILES string of the molecule is CC(C)c1ccc(SCC(=O)NC2(C(=O)O)CC2)cc1. The quantitative estimate of drug-likeness (QED) is 0.791. The number of carbonyl (C=O) groups excluding carboxylic acids is 1. The van der Waals surface area contributed by atoms with Crippen LogP contribution in [0.25, 0.3) is 0 Å². The number of aliphatic carboxylic acids is 1. The third-order valence-corrected chi connectivity index (χ3v) is 4.47. The number of amides is 1. The number of hydrogen-bond acceptors (Lipinski definition) is 3. The standard InChI is InChI=1S/C15H19NO3S/c1-10(2)11-3-5-12(6-4-11)20-9-13(17)16-15(7-8-15)14(18)19/h3-6,10H,7-9H2,1-2H3,(H,16,17)(H,18,19). The topological polar surface area (TPSA) is 66.4 Å². The largest absolute Gasteiger partial charge is 0.480 e. The summed E-state index contributed by atoms with van der Waals surface area (Å²) in [5.41, 5.74) is 0.278. The number of carboxylic acids is 1. The summed E-state index contributed by atoms with van der Waals surface area (Å²) in [6.07, 6.45) is 1.06. The van der Waals surface area contributed by atoms with Crippen molar-refractivity contribution >= 4 is 23.6 Å². The molecule has 108 valence electrons. The minimum absolute atomic E-state index is 0.220. The maximum absolute atomic E-state index is 11.8. The number of rotatable bonds is 6. The zero-order chi connectivity index (χ0) is 14.8. The number of carboxylic acid groups (broad SMARTS) is 1. The van der Waals surface area contributed by atoms with Crippen molar-refractivity contribution < 1.29 is 14.7 Å². The van der Waals surface area contributed by atoms with Gasteiger partial charge in [0.2, 0.25) is 5.91 Å². The molecule has 1 amide bonds. The van der Waals surface area contributed by atoms with E-state index >= 15 is 0 Å². The van der Waals surface area contributed by atoms with Crippen LogP contribution in [-0.4, -0.2) is 28.3 Å². The molecule has 0 radical (unpaired) electrons. The lowest BCUT2D eigenvalue weighted by Crippen LogP contribution is -2.43. The fourth-order valence-corrected chi connectivity index (χ4v) is 2.62. The molecule has 1 saturated carbocycles. The third-order valence-electron chi connectivity index (χ3n) is 3.45. The number of benzene rings is 1. The summed E-state index contributed by atoms with van der Waals surface area (Å²) in [5, 5.41) is 11.6. The van der Waals surface area contributed by atoms with Crippen molar-refractivity contribution in [1.29, 1.82) is 0 Å². The van der Waals surface area contributed by atoms with Gasteiger partial charge in [-0.05, 0) is 36.5 Å². The highest BCUT2D eigenvalue weighted by molar-refractivity contribution is 8.00. The van der Waals surface area contributed by atoms with Crippen molar-refractivity contribution in [3.8, 4) is 0 Å². The molecule has 5 heteroatoms. The summed E-state index contributed by atoms with van der Waals surface area (Å²) < 4.78 is 0. The molecule has 20 heavy (non-hydrogen) atoms. The van der Waals surface area contributed by atoms with Crippen LogP contribution in [0.5, 0.6) is 0 Å². The highest BCUT2D eigenvalue weighted by atomic mass is 32.2. The molecule has 0 bridgehead atoms. The Balaban J connectivity index is 1.83. The predicted molar refractivity (Wildman–Crippen MR) is 79.0 cm³/mol. The maximum atomic E-state index is 11.8. The normalized spacial score (nSPS) is 15.9. The van der Waals surface area contributed by atoms with Crippen molar-refractivity contribution in [2.75, 3.05) is 5.75 Å². The lowest BCUT2D eigenvalue weighted by Gasteiger charge is -2.12. The average molecular weight is 293 g/mol. The van der Waals surface area contributed by atoms with Crippen molar-refractivity contribution in [3.05, 3.63) is 29.8 Å². The number of nitrogens with one attached hydrogen (secondary N) is 1. The van der Waals surface area contributed by atoms with Gasteiger partial charge in [0.05, 0.1) is 5.75 Å². The van der Waals surface area contributed by atoms with E-state index in [0.29, 0.717) is 18.8 Å². The molecule has 1 aromatic carbocycles. The van der Waals surface area contributed by atoms with Gasteiger partial charge < -0.3 is 10.4 Å². The van der Waals surface area contributed by atoms with Crippen LogP contribution in [0.15, 0.2) is 29.2 Å². The Morgan fingerprint density at radius 1 is 1.30 bits per heavy atom. The summed E-state index contributed by atoms with van der Waals surface area (Å²) in [7, 11) is 0. The van der Waals surface area contributed by atoms with E-state index in [1.54, 1.807) is 0 Å². The van der Waals surface area contributed by atoms with Gasteiger partial charge in [0.15, 0.2) is 0 Å². The zero-order valence-electron chi connectivity index (χ0n) is 11.7. The summed E-state index contributed by atoms with van der Waals surface area (Å²) >= 11 is 1.42. The Morgan fingerprint density at radius 2 is 1.90 bits per heavy atom. The summed E-state index contributed by atoms with van der Waals surface area (Å²) in [6, 6.07) is 8.11. The Bertz CT molecular complexity index is 506. The van der Waals surface area contributed by atoms with Gasteiger partial charge in [-0.3, -0.25) is 4.79 Å². The first-order valence-corrected chi connectivity index (χ1v) is 7.69. The number of thioether (sulfide) groups is 1. The third kappa shape index (κ3) is 3.54. The van der Waals surface area contributed by atoms with Crippen molar-refractivity contribution in [1.82, 2.24) is 5.32 Å². The van der Waals surface area contributed by atoms with Gasteiger partial charge in [-0.15, -0.1) is 11.8 Å². The first-order valence-electron chi connectivity index (χ1n) is 6.70. The van der Waals surface area contributed by atoms with E-state index in [-0.39, 0.29) is 11.7 Å². The van der Waals surface area contributed by atoms with Crippen LogP contribution >= 0.6 is 11.8 Å². The van der Waals surface area contributed by atoms with E-state index < -0.39 is 11.5 Å². The van der Waals surface area contributed by atoms with Crippen LogP contribution in [0, 0.1) is 0 Å². The molecule has 0 unspecified atom stereocenters. The molecule has 0 aliphatic heterocycles. The molecule has 0 aromatic heterocycles. The maximum Gasteiger partial charge on any atom is 0.329 e. The summed E-state index contributed by atoms with van der Waals surface area (Å²) in [6.45, 7) is 4.27. The van der Waals surface area contributed by atoms with Crippen molar-refractivity contribution in [2.45, 2.75) is 43.0 Å². The Labute approximate surface area is 123 Å². The molecule has 1 aromatic rings. The molecular formula is C15H19NO3S. The van der Waals surface area contributed by atoms with Crippen LogP contribution < -0.4 is 5.32 Å². The van der Waals surface area contributed by atoms with Crippen LogP contribution in [0.2, 0.25) is 0 Å². The van der Waals surface area contributed by atoms with Gasteiger partial charge >= 0.3 is 5.97 Å². The molecule has 1 aliphatic rings. The van der Waals surface area contributed by atoms with Gasteiger partial charge in [-0.25, -0.2) is 4.79 Å². The van der Waals surface area contributed by atoms with E-state index in [2.05, 4.69) is 31.3 Å². The van der Waals surface area contributed by atoms with E-state index in [1.807, 2.05) is 12.1 Å². The first-order chi connectivity index (χ1) is 9.43. The molecule has 0 spiro atoms. The van der Waals surface area contributed by atoms with Gasteiger partial charge in [-0.1, -0.05) is 26.0 Å². The highest BCUT2D eigenvalue weighted by Crippen LogP contribution is 2.35.